The van der Waals surface area contributed by atoms with Crippen LogP contribution in [0.5, 0.6) is 0 Å². The number of hydrogen-bond donors (Lipinski definition) is 0. The molecule has 0 atom stereocenters. The van der Waals surface area contributed by atoms with E-state index >= 15 is 0 Å². The van der Waals surface area contributed by atoms with Gasteiger partial charge in [0.2, 0.25) is 0 Å². The summed E-state index contributed by atoms with van der Waals surface area (Å²) in [5, 5.41) is 9.03. The molecule has 1 nitrogen and oxygen atoms in total. The molecule has 0 aromatic heterocycles. The highest BCUT2D eigenvalue weighted by Crippen LogP contribution is 2.39. The van der Waals surface area contributed by atoms with E-state index in [1.807, 2.05) is 12.1 Å². The Balaban J connectivity index is 1.09. The van der Waals surface area contributed by atoms with Crippen molar-refractivity contribution in [2.75, 3.05) is 0 Å². The van der Waals surface area contributed by atoms with Crippen molar-refractivity contribution in [3.8, 4) is 17.2 Å². The molecule has 0 bridgehead atoms. The highest BCUT2D eigenvalue weighted by atomic mass is 14.3. The lowest BCUT2D eigenvalue weighted by molar-refractivity contribution is 0.303. The second-order valence-corrected chi connectivity index (χ2v) is 12.2. The molecule has 0 saturated heterocycles. The molecule has 5 rings (SSSR count). The van der Waals surface area contributed by atoms with Gasteiger partial charge in [0.15, 0.2) is 0 Å². The number of rotatable bonds is 9. The summed E-state index contributed by atoms with van der Waals surface area (Å²) in [6.07, 6.45) is 20.9. The fourth-order valence-corrected chi connectivity index (χ4v) is 6.92. The molecule has 3 aromatic carbocycles. The largest absolute Gasteiger partial charge is 0.192 e. The van der Waals surface area contributed by atoms with Gasteiger partial charge in [-0.15, -0.1) is 0 Å². The molecule has 0 heterocycles. The van der Waals surface area contributed by atoms with Crippen LogP contribution in [0.3, 0.4) is 0 Å². The van der Waals surface area contributed by atoms with Gasteiger partial charge in [0.25, 0.3) is 0 Å². The van der Waals surface area contributed by atoms with E-state index in [4.69, 9.17) is 5.26 Å². The molecule has 0 radical (unpaired) electrons. The molecular formula is C38H45N. The van der Waals surface area contributed by atoms with Crippen LogP contribution in [0.1, 0.15) is 118 Å². The number of benzene rings is 3. The van der Waals surface area contributed by atoms with E-state index in [2.05, 4.69) is 85.8 Å². The molecule has 0 N–H and O–H groups in total. The van der Waals surface area contributed by atoms with Crippen LogP contribution in [-0.4, -0.2) is 0 Å². The summed E-state index contributed by atoms with van der Waals surface area (Å²) in [5.41, 5.74) is 7.61. The van der Waals surface area contributed by atoms with Gasteiger partial charge in [0, 0.05) is 0 Å². The molecule has 0 amide bonds. The first-order valence-electron chi connectivity index (χ1n) is 15.6. The smallest absolute Gasteiger partial charge is 0.0991 e. The maximum Gasteiger partial charge on any atom is 0.0991 e. The van der Waals surface area contributed by atoms with E-state index in [-0.39, 0.29) is 0 Å². The van der Waals surface area contributed by atoms with Crippen LogP contribution in [0.15, 0.2) is 78.9 Å². The third kappa shape index (κ3) is 7.51. The van der Waals surface area contributed by atoms with Crippen LogP contribution < -0.4 is 0 Å². The fraction of sp³-hybridized carbons (Fsp3) is 0.447. The Bertz CT molecular complexity index is 1210. The average Bonchev–Trinajstić information content (AvgIpc) is 3.01. The molecule has 39 heavy (non-hydrogen) atoms. The zero-order valence-electron chi connectivity index (χ0n) is 23.8. The van der Waals surface area contributed by atoms with Crippen LogP contribution in [0.25, 0.3) is 17.2 Å². The Morgan fingerprint density at radius 1 is 0.667 bits per heavy atom. The number of unbranched alkanes of at least 4 members (excludes halogenated alkanes) is 2. The Labute approximate surface area is 237 Å². The van der Waals surface area contributed by atoms with E-state index in [0.29, 0.717) is 11.8 Å². The highest BCUT2D eigenvalue weighted by Gasteiger charge is 2.22. The van der Waals surface area contributed by atoms with Crippen LogP contribution in [-0.2, 0) is 0 Å². The van der Waals surface area contributed by atoms with Crippen molar-refractivity contribution in [3.05, 3.63) is 101 Å². The first kappa shape index (κ1) is 27.5. The minimum absolute atomic E-state index is 0.638. The molecule has 1 heteroatoms. The maximum absolute atomic E-state index is 9.03. The van der Waals surface area contributed by atoms with E-state index in [0.717, 1.165) is 17.4 Å². The van der Waals surface area contributed by atoms with Gasteiger partial charge in [-0.3, -0.25) is 0 Å². The van der Waals surface area contributed by atoms with E-state index < -0.39 is 0 Å². The topological polar surface area (TPSA) is 23.8 Å². The Morgan fingerprint density at radius 2 is 1.21 bits per heavy atom. The van der Waals surface area contributed by atoms with Crippen molar-refractivity contribution in [1.29, 1.82) is 5.26 Å². The SMILES string of the molecule is CCCCC[C@H]1CC[C@H](c2ccc(-c3ccc(/C=C/[C@H]4CC[C@H](c5ccc(C#N)cc5)CC4)cc3)cc2)CC1. The molecule has 2 saturated carbocycles. The number of nitrogens with zero attached hydrogens (tertiary/aromatic N) is 1. The summed E-state index contributed by atoms with van der Waals surface area (Å²) in [7, 11) is 0. The van der Waals surface area contributed by atoms with Gasteiger partial charge >= 0.3 is 0 Å². The third-order valence-electron chi connectivity index (χ3n) is 9.53. The van der Waals surface area contributed by atoms with Crippen molar-refractivity contribution < 1.29 is 0 Å². The van der Waals surface area contributed by atoms with Gasteiger partial charge in [-0.25, -0.2) is 0 Å². The van der Waals surface area contributed by atoms with Crippen LogP contribution in [0.2, 0.25) is 0 Å². The standard InChI is InChI=1S/C38H45N/c1-2-3-4-5-29-8-16-34(17-9-29)37-24-26-38(27-25-37)35-20-12-31(13-21-35)7-6-30-10-18-33(19-11-30)36-22-14-32(28-39)15-23-36/h6-7,12-15,20-27,29-30,33-34H,2-5,8-11,16-19H2,1H3/b7-6+/t29-,30-,33-,34-. The predicted molar refractivity (Wildman–Crippen MR) is 166 cm³/mol. The van der Waals surface area contributed by atoms with Gasteiger partial charge in [-0.1, -0.05) is 105 Å². The summed E-state index contributed by atoms with van der Waals surface area (Å²) >= 11 is 0. The van der Waals surface area contributed by atoms with Gasteiger partial charge < -0.3 is 0 Å². The van der Waals surface area contributed by atoms with Gasteiger partial charge in [0.05, 0.1) is 11.6 Å². The van der Waals surface area contributed by atoms with Crippen molar-refractivity contribution in [2.24, 2.45) is 11.8 Å². The lowest BCUT2D eigenvalue weighted by Crippen LogP contribution is -2.13. The van der Waals surface area contributed by atoms with Crippen LogP contribution in [0.4, 0.5) is 0 Å². The van der Waals surface area contributed by atoms with E-state index in [1.54, 1.807) is 5.56 Å². The normalized spacial score (nSPS) is 23.5. The molecule has 2 fully saturated rings. The Morgan fingerprint density at radius 3 is 1.77 bits per heavy atom. The van der Waals surface area contributed by atoms with Crippen molar-refractivity contribution in [2.45, 2.75) is 95.8 Å². The minimum atomic E-state index is 0.638. The molecule has 3 aromatic rings. The van der Waals surface area contributed by atoms with Crippen LogP contribution in [0, 0.1) is 23.2 Å². The van der Waals surface area contributed by atoms with Gasteiger partial charge in [-0.05, 0) is 115 Å². The second-order valence-electron chi connectivity index (χ2n) is 12.2. The number of allylic oxidation sites excluding steroid dienone is 1. The van der Waals surface area contributed by atoms with E-state index in [9.17, 15) is 0 Å². The van der Waals surface area contributed by atoms with E-state index in [1.165, 1.54) is 99.3 Å². The van der Waals surface area contributed by atoms with Gasteiger partial charge in [-0.2, -0.15) is 5.26 Å². The van der Waals surface area contributed by atoms with Crippen molar-refractivity contribution in [3.63, 3.8) is 0 Å². The first-order valence-corrected chi connectivity index (χ1v) is 15.6. The second kappa shape index (κ2) is 13.8. The summed E-state index contributed by atoms with van der Waals surface area (Å²) in [5.74, 6) is 3.04. The Kier molecular flexibility index (Phi) is 9.71. The maximum atomic E-state index is 9.03. The summed E-state index contributed by atoms with van der Waals surface area (Å²) < 4.78 is 0. The summed E-state index contributed by atoms with van der Waals surface area (Å²) in [6, 6.07) is 29.0. The fourth-order valence-electron chi connectivity index (χ4n) is 6.92. The first-order chi connectivity index (χ1) is 19.2. The number of nitriles is 1. The zero-order chi connectivity index (χ0) is 26.9. The number of hydrogen-bond acceptors (Lipinski definition) is 1. The quantitative estimate of drug-likeness (QED) is 0.260. The minimum Gasteiger partial charge on any atom is -0.192 e. The third-order valence-corrected chi connectivity index (χ3v) is 9.53. The molecule has 2 aliphatic rings. The Hall–Kier alpha value is -3.11. The van der Waals surface area contributed by atoms with Crippen molar-refractivity contribution >= 4 is 6.08 Å². The lowest BCUT2D eigenvalue weighted by Gasteiger charge is -2.29. The highest BCUT2D eigenvalue weighted by molar-refractivity contribution is 5.66. The molecule has 0 aliphatic heterocycles. The monoisotopic (exact) mass is 515 g/mol. The molecule has 0 unspecified atom stereocenters. The van der Waals surface area contributed by atoms with Gasteiger partial charge in [0.1, 0.15) is 0 Å². The average molecular weight is 516 g/mol. The lowest BCUT2D eigenvalue weighted by atomic mass is 9.77. The summed E-state index contributed by atoms with van der Waals surface area (Å²) in [4.78, 5) is 0. The van der Waals surface area contributed by atoms with Crippen LogP contribution >= 0.6 is 0 Å². The molecular weight excluding hydrogens is 470 g/mol. The predicted octanol–water partition coefficient (Wildman–Crippen LogP) is 11.1. The molecule has 2 aliphatic carbocycles. The molecule has 202 valence electrons. The molecule has 0 spiro atoms. The summed E-state index contributed by atoms with van der Waals surface area (Å²) in [6.45, 7) is 2.31. The van der Waals surface area contributed by atoms with Crippen molar-refractivity contribution in [1.82, 2.24) is 0 Å². The zero-order valence-corrected chi connectivity index (χ0v) is 23.8.